The van der Waals surface area contributed by atoms with Crippen LogP contribution in [0.15, 0.2) is 54.6 Å². The van der Waals surface area contributed by atoms with Crippen LogP contribution < -0.4 is 0 Å². The van der Waals surface area contributed by atoms with E-state index in [2.05, 4.69) is 0 Å². The van der Waals surface area contributed by atoms with Crippen LogP contribution in [0.3, 0.4) is 0 Å². The second-order valence-electron chi connectivity index (χ2n) is 6.30. The zero-order chi connectivity index (χ0) is 15.7. The minimum absolute atomic E-state index is 0.128. The van der Waals surface area contributed by atoms with Gasteiger partial charge in [0.2, 0.25) is 0 Å². The molecule has 1 atom stereocenters. The fourth-order valence-electron chi connectivity index (χ4n) is 3.63. The summed E-state index contributed by atoms with van der Waals surface area (Å²) in [5, 5.41) is 0. The first-order valence-corrected chi connectivity index (χ1v) is 8.36. The van der Waals surface area contributed by atoms with Crippen molar-refractivity contribution < 1.29 is 14.3 Å². The Hall–Kier alpha value is -2.13. The van der Waals surface area contributed by atoms with Gasteiger partial charge in [0.15, 0.2) is 0 Å². The van der Waals surface area contributed by atoms with Gasteiger partial charge in [0.1, 0.15) is 0 Å². The van der Waals surface area contributed by atoms with Crippen molar-refractivity contribution in [2.75, 3.05) is 0 Å². The molecule has 0 N–H and O–H groups in total. The maximum atomic E-state index is 12.4. The lowest BCUT2D eigenvalue weighted by Gasteiger charge is -2.35. The molecule has 1 heterocycles. The molecule has 1 fully saturated rings. The molecular weight excluding hydrogens is 288 g/mol. The lowest BCUT2D eigenvalue weighted by atomic mass is 9.93. The van der Waals surface area contributed by atoms with Gasteiger partial charge in [-0.3, -0.25) is 0 Å². The van der Waals surface area contributed by atoms with E-state index in [9.17, 15) is 4.79 Å². The van der Waals surface area contributed by atoms with Crippen molar-refractivity contribution in [1.82, 2.24) is 0 Å². The highest BCUT2D eigenvalue weighted by Gasteiger charge is 2.49. The highest BCUT2D eigenvalue weighted by molar-refractivity contribution is 5.95. The summed E-state index contributed by atoms with van der Waals surface area (Å²) in [7, 11) is 0. The molecule has 2 aromatic rings. The fourth-order valence-corrected chi connectivity index (χ4v) is 3.63. The van der Waals surface area contributed by atoms with Crippen molar-refractivity contribution in [1.29, 1.82) is 0 Å². The van der Waals surface area contributed by atoms with E-state index in [1.807, 2.05) is 54.6 Å². The summed E-state index contributed by atoms with van der Waals surface area (Å²) >= 11 is 0. The number of carbonyl (C=O) groups is 1. The Kier molecular flexibility index (Phi) is 3.66. The van der Waals surface area contributed by atoms with Crippen LogP contribution >= 0.6 is 0 Å². The SMILES string of the molecule is O=C1O[C@@](OC2CCCCC2)(c2ccccc2)c2ccccc21. The highest BCUT2D eigenvalue weighted by atomic mass is 16.7. The molecule has 23 heavy (non-hydrogen) atoms. The predicted octanol–water partition coefficient (Wildman–Crippen LogP) is 4.41. The van der Waals surface area contributed by atoms with E-state index in [0.29, 0.717) is 5.56 Å². The van der Waals surface area contributed by atoms with Crippen molar-refractivity contribution >= 4 is 5.97 Å². The molecule has 118 valence electrons. The van der Waals surface area contributed by atoms with E-state index in [1.165, 1.54) is 19.3 Å². The Bertz CT molecular complexity index is 704. The number of rotatable bonds is 3. The van der Waals surface area contributed by atoms with E-state index < -0.39 is 5.79 Å². The summed E-state index contributed by atoms with van der Waals surface area (Å²) in [4.78, 5) is 12.4. The maximum absolute atomic E-state index is 12.4. The van der Waals surface area contributed by atoms with Gasteiger partial charge in [0, 0.05) is 11.1 Å². The molecule has 2 aromatic carbocycles. The minimum atomic E-state index is -1.10. The number of hydrogen-bond acceptors (Lipinski definition) is 3. The number of ether oxygens (including phenoxy) is 2. The van der Waals surface area contributed by atoms with Crippen LogP contribution in [0.1, 0.15) is 53.6 Å². The smallest absolute Gasteiger partial charge is 0.341 e. The van der Waals surface area contributed by atoms with Crippen LogP contribution in [0.4, 0.5) is 0 Å². The summed E-state index contributed by atoms with van der Waals surface area (Å²) in [6, 6.07) is 17.4. The molecule has 1 aliphatic carbocycles. The van der Waals surface area contributed by atoms with E-state index in [-0.39, 0.29) is 12.1 Å². The van der Waals surface area contributed by atoms with E-state index in [4.69, 9.17) is 9.47 Å². The van der Waals surface area contributed by atoms with Crippen molar-refractivity contribution in [2.24, 2.45) is 0 Å². The summed E-state index contributed by atoms with van der Waals surface area (Å²) < 4.78 is 12.3. The maximum Gasteiger partial charge on any atom is 0.341 e. The van der Waals surface area contributed by atoms with Gasteiger partial charge in [0.05, 0.1) is 11.7 Å². The first-order chi connectivity index (χ1) is 11.3. The first kappa shape index (κ1) is 14.5. The van der Waals surface area contributed by atoms with E-state index in [0.717, 1.165) is 24.0 Å². The number of hydrogen-bond donors (Lipinski definition) is 0. The first-order valence-electron chi connectivity index (χ1n) is 8.36. The third-order valence-corrected chi connectivity index (χ3v) is 4.78. The number of carbonyl (C=O) groups excluding carboxylic acids is 1. The second kappa shape index (κ2) is 5.82. The Morgan fingerprint density at radius 3 is 2.39 bits per heavy atom. The van der Waals surface area contributed by atoms with Crippen LogP contribution in [0.2, 0.25) is 0 Å². The molecule has 0 amide bonds. The Balaban J connectivity index is 1.81. The lowest BCUT2D eigenvalue weighted by molar-refractivity contribution is -0.208. The van der Waals surface area contributed by atoms with Gasteiger partial charge in [-0.1, -0.05) is 67.8 Å². The van der Waals surface area contributed by atoms with Gasteiger partial charge in [-0.05, 0) is 18.9 Å². The number of esters is 1. The minimum Gasteiger partial charge on any atom is -0.420 e. The average molecular weight is 308 g/mol. The van der Waals surface area contributed by atoms with Crippen molar-refractivity contribution in [2.45, 2.75) is 44.0 Å². The van der Waals surface area contributed by atoms with Gasteiger partial charge in [-0.25, -0.2) is 4.79 Å². The summed E-state index contributed by atoms with van der Waals surface area (Å²) in [6.45, 7) is 0. The molecular formula is C20H20O3. The van der Waals surface area contributed by atoms with Gasteiger partial charge >= 0.3 is 5.97 Å². The summed E-state index contributed by atoms with van der Waals surface area (Å²) in [6.07, 6.45) is 5.77. The quantitative estimate of drug-likeness (QED) is 0.788. The molecule has 0 unspecified atom stereocenters. The standard InChI is InChI=1S/C20H20O3/c21-19-17-13-7-8-14-18(17)20(23-19,15-9-3-1-4-10-15)22-16-11-5-2-6-12-16/h1,3-4,7-10,13-14,16H,2,5-6,11-12H2/t20-/m0/s1. The molecule has 1 saturated carbocycles. The molecule has 4 rings (SSSR count). The molecule has 0 spiro atoms. The normalized spacial score (nSPS) is 24.3. The molecule has 3 heteroatoms. The van der Waals surface area contributed by atoms with E-state index >= 15 is 0 Å². The summed E-state index contributed by atoms with van der Waals surface area (Å²) in [5.74, 6) is -1.41. The number of benzene rings is 2. The van der Waals surface area contributed by atoms with Gasteiger partial charge in [-0.15, -0.1) is 0 Å². The zero-order valence-electron chi connectivity index (χ0n) is 13.0. The van der Waals surface area contributed by atoms with Crippen LogP contribution in [0.5, 0.6) is 0 Å². The van der Waals surface area contributed by atoms with E-state index in [1.54, 1.807) is 0 Å². The van der Waals surface area contributed by atoms with Crippen LogP contribution in [-0.4, -0.2) is 12.1 Å². The van der Waals surface area contributed by atoms with Crippen LogP contribution in [-0.2, 0) is 15.3 Å². The molecule has 0 radical (unpaired) electrons. The largest absolute Gasteiger partial charge is 0.420 e. The molecule has 1 aliphatic heterocycles. The Morgan fingerprint density at radius 2 is 1.61 bits per heavy atom. The molecule has 0 saturated heterocycles. The van der Waals surface area contributed by atoms with Gasteiger partial charge in [0.25, 0.3) is 5.79 Å². The monoisotopic (exact) mass is 308 g/mol. The number of cyclic esters (lactones) is 1. The molecule has 0 aromatic heterocycles. The zero-order valence-corrected chi connectivity index (χ0v) is 13.0. The second-order valence-corrected chi connectivity index (χ2v) is 6.30. The Labute approximate surface area is 136 Å². The van der Waals surface area contributed by atoms with Crippen LogP contribution in [0.25, 0.3) is 0 Å². The number of fused-ring (bicyclic) bond motifs is 1. The Morgan fingerprint density at radius 1 is 0.913 bits per heavy atom. The van der Waals surface area contributed by atoms with Crippen molar-refractivity contribution in [3.8, 4) is 0 Å². The van der Waals surface area contributed by atoms with Crippen molar-refractivity contribution in [3.63, 3.8) is 0 Å². The molecule has 0 bridgehead atoms. The predicted molar refractivity (Wildman–Crippen MR) is 87.0 cm³/mol. The average Bonchev–Trinajstić information content (AvgIpc) is 2.90. The van der Waals surface area contributed by atoms with Crippen LogP contribution in [0, 0.1) is 0 Å². The van der Waals surface area contributed by atoms with Gasteiger partial charge < -0.3 is 9.47 Å². The van der Waals surface area contributed by atoms with Crippen molar-refractivity contribution in [3.05, 3.63) is 71.3 Å². The molecule has 2 aliphatic rings. The summed E-state index contributed by atoms with van der Waals surface area (Å²) in [5.41, 5.74) is 2.30. The third kappa shape index (κ3) is 2.45. The third-order valence-electron chi connectivity index (χ3n) is 4.78. The fraction of sp³-hybridized carbons (Fsp3) is 0.350. The van der Waals surface area contributed by atoms with Gasteiger partial charge in [-0.2, -0.15) is 0 Å². The highest BCUT2D eigenvalue weighted by Crippen LogP contribution is 2.44. The molecule has 3 nitrogen and oxygen atoms in total. The lowest BCUT2D eigenvalue weighted by Crippen LogP contribution is -2.36. The topological polar surface area (TPSA) is 35.5 Å².